The lowest BCUT2D eigenvalue weighted by molar-refractivity contribution is -0.133. The molecule has 1 amide bonds. The number of sulfone groups is 1. The predicted molar refractivity (Wildman–Crippen MR) is 91.8 cm³/mol. The lowest BCUT2D eigenvalue weighted by Gasteiger charge is -2.29. The van der Waals surface area contributed by atoms with Crippen molar-refractivity contribution in [2.45, 2.75) is 32.9 Å². The number of likely N-dealkylation sites (N-methyl/N-ethyl adjacent to an activating group) is 2. The van der Waals surface area contributed by atoms with Gasteiger partial charge in [0.1, 0.15) is 0 Å². The predicted octanol–water partition coefficient (Wildman–Crippen LogP) is 1.54. The van der Waals surface area contributed by atoms with Gasteiger partial charge in [-0.15, -0.1) is 0 Å². The Labute approximate surface area is 139 Å². The molecule has 0 N–H and O–H groups in total. The van der Waals surface area contributed by atoms with Gasteiger partial charge in [-0.3, -0.25) is 9.69 Å². The molecule has 2 rings (SSSR count). The van der Waals surface area contributed by atoms with Gasteiger partial charge in [-0.1, -0.05) is 37.3 Å². The smallest absolute Gasteiger partial charge is 0.237 e. The van der Waals surface area contributed by atoms with Gasteiger partial charge in [0.25, 0.3) is 0 Å². The third-order valence-corrected chi connectivity index (χ3v) is 6.17. The average molecular weight is 338 g/mol. The molecule has 1 saturated heterocycles. The van der Waals surface area contributed by atoms with Crippen molar-refractivity contribution in [3.05, 3.63) is 35.9 Å². The zero-order valence-electron chi connectivity index (χ0n) is 13.9. The number of hydrogen-bond acceptors (Lipinski definition) is 4. The number of carbonyl (C=O) groups excluding carboxylic acids is 1. The summed E-state index contributed by atoms with van der Waals surface area (Å²) in [6, 6.07) is 9.89. The van der Waals surface area contributed by atoms with E-state index >= 15 is 0 Å². The molecule has 6 heteroatoms. The number of hydrogen-bond donors (Lipinski definition) is 0. The van der Waals surface area contributed by atoms with Crippen LogP contribution in [0.4, 0.5) is 0 Å². The van der Waals surface area contributed by atoms with Gasteiger partial charge in [0.05, 0.1) is 18.1 Å². The van der Waals surface area contributed by atoms with Crippen LogP contribution in [0.5, 0.6) is 0 Å². The lowest BCUT2D eigenvalue weighted by atomic mass is 10.2. The largest absolute Gasteiger partial charge is 0.338 e. The second-order valence-electron chi connectivity index (χ2n) is 6.01. The molecule has 1 unspecified atom stereocenters. The van der Waals surface area contributed by atoms with Crippen LogP contribution >= 0.6 is 0 Å². The highest BCUT2D eigenvalue weighted by Gasteiger charge is 2.32. The van der Waals surface area contributed by atoms with E-state index in [4.69, 9.17) is 0 Å². The maximum absolute atomic E-state index is 12.6. The van der Waals surface area contributed by atoms with Crippen LogP contribution in [0, 0.1) is 0 Å². The summed E-state index contributed by atoms with van der Waals surface area (Å²) >= 11 is 0. The highest BCUT2D eigenvalue weighted by molar-refractivity contribution is 7.91. The van der Waals surface area contributed by atoms with Gasteiger partial charge in [-0.2, -0.15) is 0 Å². The normalized spacial score (nSPS) is 19.9. The molecule has 1 fully saturated rings. The number of amides is 1. The Kier molecular flexibility index (Phi) is 6.18. The van der Waals surface area contributed by atoms with E-state index in [2.05, 4.69) is 0 Å². The van der Waals surface area contributed by atoms with Crippen molar-refractivity contribution >= 4 is 15.7 Å². The van der Waals surface area contributed by atoms with Gasteiger partial charge in [0.2, 0.25) is 5.91 Å². The fourth-order valence-electron chi connectivity index (χ4n) is 3.02. The van der Waals surface area contributed by atoms with E-state index in [1.54, 1.807) is 0 Å². The van der Waals surface area contributed by atoms with Crippen LogP contribution < -0.4 is 0 Å². The van der Waals surface area contributed by atoms with Gasteiger partial charge in [-0.05, 0) is 25.5 Å². The minimum atomic E-state index is -2.93. The zero-order valence-corrected chi connectivity index (χ0v) is 14.8. The highest BCUT2D eigenvalue weighted by atomic mass is 32.2. The summed E-state index contributed by atoms with van der Waals surface area (Å²) in [5.74, 6) is 0.477. The van der Waals surface area contributed by atoms with Crippen LogP contribution in [-0.4, -0.2) is 61.3 Å². The molecule has 0 radical (unpaired) electrons. The quantitative estimate of drug-likeness (QED) is 0.757. The van der Waals surface area contributed by atoms with Crippen molar-refractivity contribution < 1.29 is 13.2 Å². The maximum atomic E-state index is 12.6. The Morgan fingerprint density at radius 3 is 2.39 bits per heavy atom. The van der Waals surface area contributed by atoms with E-state index in [1.165, 1.54) is 0 Å². The first kappa shape index (κ1) is 17.9. The Morgan fingerprint density at radius 2 is 1.87 bits per heavy atom. The number of rotatable bonds is 7. The molecule has 1 aliphatic heterocycles. The molecule has 0 aromatic heterocycles. The molecule has 1 aliphatic rings. The number of benzene rings is 1. The summed E-state index contributed by atoms with van der Waals surface area (Å²) in [6.07, 6.45) is 0.633. The van der Waals surface area contributed by atoms with Crippen LogP contribution in [-0.2, 0) is 21.2 Å². The molecule has 23 heavy (non-hydrogen) atoms. The second-order valence-corrected chi connectivity index (χ2v) is 8.24. The van der Waals surface area contributed by atoms with Crippen molar-refractivity contribution in [2.75, 3.05) is 31.1 Å². The monoisotopic (exact) mass is 338 g/mol. The summed E-state index contributed by atoms with van der Waals surface area (Å²) in [5, 5.41) is 0. The van der Waals surface area contributed by atoms with Crippen LogP contribution in [0.25, 0.3) is 0 Å². The van der Waals surface area contributed by atoms with Gasteiger partial charge in [-0.25, -0.2) is 8.42 Å². The van der Waals surface area contributed by atoms with E-state index in [0.29, 0.717) is 26.1 Å². The molecule has 1 aromatic rings. The standard InChI is InChI=1S/C17H26N2O3S/c1-3-18(16-10-11-23(21,22)14-16)13-17(20)19(4-2)12-15-8-6-5-7-9-15/h5-9,16H,3-4,10-14H2,1-2H3. The van der Waals surface area contributed by atoms with Crippen LogP contribution in [0.1, 0.15) is 25.8 Å². The molecule has 0 saturated carbocycles. The van der Waals surface area contributed by atoms with Gasteiger partial charge in [0, 0.05) is 19.1 Å². The molecule has 0 bridgehead atoms. The van der Waals surface area contributed by atoms with E-state index in [9.17, 15) is 13.2 Å². The average Bonchev–Trinajstić information content (AvgIpc) is 2.90. The molecule has 128 valence electrons. The first-order chi connectivity index (χ1) is 10.9. The van der Waals surface area contributed by atoms with Crippen LogP contribution in [0.15, 0.2) is 30.3 Å². The third kappa shape index (κ3) is 5.04. The van der Waals surface area contributed by atoms with Crippen molar-refractivity contribution in [2.24, 2.45) is 0 Å². The van der Waals surface area contributed by atoms with Crippen molar-refractivity contribution in [3.8, 4) is 0 Å². The summed E-state index contributed by atoms with van der Waals surface area (Å²) in [4.78, 5) is 16.4. The van der Waals surface area contributed by atoms with Crippen molar-refractivity contribution in [1.29, 1.82) is 0 Å². The minimum Gasteiger partial charge on any atom is -0.338 e. The molecule has 1 aromatic carbocycles. The topological polar surface area (TPSA) is 57.7 Å². The lowest BCUT2D eigenvalue weighted by Crippen LogP contribution is -2.44. The Balaban J connectivity index is 1.97. The Bertz CT molecular complexity index is 616. The van der Waals surface area contributed by atoms with Crippen molar-refractivity contribution in [1.82, 2.24) is 9.80 Å². The fraction of sp³-hybridized carbons (Fsp3) is 0.588. The zero-order chi connectivity index (χ0) is 16.9. The molecule has 0 aliphatic carbocycles. The Hall–Kier alpha value is -1.40. The molecule has 1 atom stereocenters. The highest BCUT2D eigenvalue weighted by Crippen LogP contribution is 2.18. The molecular formula is C17H26N2O3S. The van der Waals surface area contributed by atoms with Crippen LogP contribution in [0.3, 0.4) is 0 Å². The molecule has 5 nitrogen and oxygen atoms in total. The SMILES string of the molecule is CCN(Cc1ccccc1)C(=O)CN(CC)C1CCS(=O)(=O)C1. The summed E-state index contributed by atoms with van der Waals surface area (Å²) in [7, 11) is -2.93. The van der Waals surface area contributed by atoms with Crippen molar-refractivity contribution in [3.63, 3.8) is 0 Å². The van der Waals surface area contributed by atoms with E-state index in [1.807, 2.05) is 54.0 Å². The number of nitrogens with zero attached hydrogens (tertiary/aromatic N) is 2. The maximum Gasteiger partial charge on any atom is 0.237 e. The van der Waals surface area contributed by atoms with E-state index in [-0.39, 0.29) is 30.0 Å². The van der Waals surface area contributed by atoms with Gasteiger partial charge < -0.3 is 4.90 Å². The molecule has 1 heterocycles. The van der Waals surface area contributed by atoms with Gasteiger partial charge in [0.15, 0.2) is 9.84 Å². The van der Waals surface area contributed by atoms with Crippen LogP contribution in [0.2, 0.25) is 0 Å². The summed E-state index contributed by atoms with van der Waals surface area (Å²) < 4.78 is 23.3. The van der Waals surface area contributed by atoms with E-state index in [0.717, 1.165) is 5.56 Å². The molecular weight excluding hydrogens is 312 g/mol. The van der Waals surface area contributed by atoms with E-state index < -0.39 is 9.84 Å². The first-order valence-electron chi connectivity index (χ1n) is 8.21. The van der Waals surface area contributed by atoms with Gasteiger partial charge >= 0.3 is 0 Å². The first-order valence-corrected chi connectivity index (χ1v) is 10.0. The summed E-state index contributed by atoms with van der Waals surface area (Å²) in [6.45, 7) is 6.17. The molecule has 0 spiro atoms. The fourth-order valence-corrected chi connectivity index (χ4v) is 4.78. The number of carbonyl (C=O) groups is 1. The summed E-state index contributed by atoms with van der Waals surface area (Å²) in [5.41, 5.74) is 1.11. The second kappa shape index (κ2) is 7.93. The minimum absolute atomic E-state index is 0.0237. The third-order valence-electron chi connectivity index (χ3n) is 4.42. The Morgan fingerprint density at radius 1 is 1.17 bits per heavy atom.